The van der Waals surface area contributed by atoms with E-state index in [-0.39, 0.29) is 22.0 Å². The van der Waals surface area contributed by atoms with Gasteiger partial charge in [-0.2, -0.15) is 0 Å². The molecular formula is C36H32N2O11S3. The monoisotopic (exact) mass is 764 g/mol. The molecule has 16 heteroatoms. The normalized spacial score (nSPS) is 11.3. The number of nitrogens with one attached hydrogen (secondary N) is 1. The highest BCUT2D eigenvalue weighted by Crippen LogP contribution is 2.44. The number of hydrogen-bond acceptors (Lipinski definition) is 12. The quantitative estimate of drug-likeness (QED) is 0.143. The van der Waals surface area contributed by atoms with Gasteiger partial charge < -0.3 is 9.88 Å². The first-order chi connectivity index (χ1) is 24.7. The summed E-state index contributed by atoms with van der Waals surface area (Å²) < 4.78 is 77.8. The summed E-state index contributed by atoms with van der Waals surface area (Å²) in [5.74, 6) is -0.541. The molecule has 0 bridgehead atoms. The largest absolute Gasteiger partial charge is 0.425 e. The van der Waals surface area contributed by atoms with E-state index in [1.807, 2.05) is 0 Å². The first-order valence-electron chi connectivity index (χ1n) is 15.8. The number of benzene rings is 4. The van der Waals surface area contributed by atoms with Crippen LogP contribution in [0, 0.1) is 0 Å². The second-order valence-electron chi connectivity index (χ2n) is 11.5. The number of aryl methyl sites for hydroxylation is 1. The number of ketones is 2. The third-order valence-electron chi connectivity index (χ3n) is 8.25. The average Bonchev–Trinajstić information content (AvgIpc) is 3.11. The van der Waals surface area contributed by atoms with Crippen LogP contribution in [0.5, 0.6) is 0 Å². The van der Waals surface area contributed by atoms with Crippen LogP contribution in [0.15, 0.2) is 101 Å². The molecule has 0 atom stereocenters. The van der Waals surface area contributed by atoms with Crippen LogP contribution in [-0.4, -0.2) is 55.6 Å². The summed E-state index contributed by atoms with van der Waals surface area (Å²) in [5, 5.41) is 3.82. The number of pyridine rings is 1. The van der Waals surface area contributed by atoms with Crippen molar-refractivity contribution < 1.29 is 43.3 Å². The molecule has 6 rings (SSSR count). The van der Waals surface area contributed by atoms with Crippen LogP contribution in [0.4, 0.5) is 11.4 Å². The van der Waals surface area contributed by atoms with Gasteiger partial charge in [0.1, 0.15) is 0 Å². The Morgan fingerprint density at radius 2 is 1.29 bits per heavy atom. The van der Waals surface area contributed by atoms with E-state index in [1.165, 1.54) is 4.57 Å². The lowest BCUT2D eigenvalue weighted by atomic mass is 9.80. The van der Waals surface area contributed by atoms with E-state index in [9.17, 15) is 22.8 Å². The van der Waals surface area contributed by atoms with Crippen LogP contribution in [0.1, 0.15) is 64.4 Å². The molecule has 0 saturated heterocycles. The zero-order valence-electron chi connectivity index (χ0n) is 27.9. The summed E-state index contributed by atoms with van der Waals surface area (Å²) in [6.07, 6.45) is 3.55. The van der Waals surface area contributed by atoms with Crippen molar-refractivity contribution in [2.45, 2.75) is 37.5 Å². The van der Waals surface area contributed by atoms with Crippen molar-refractivity contribution in [3.8, 4) is 11.1 Å². The summed E-state index contributed by atoms with van der Waals surface area (Å²) >= 11 is 0. The number of rotatable bonds is 10. The smallest absolute Gasteiger partial charge is 0.355 e. The van der Waals surface area contributed by atoms with Gasteiger partial charge >= 0.3 is 21.2 Å². The molecule has 1 aliphatic carbocycles. The molecule has 0 aliphatic heterocycles. The Hall–Kier alpha value is -5.58. The number of carbonyl (C=O) groups is 2. The van der Waals surface area contributed by atoms with Gasteiger partial charge in [0.2, 0.25) is 0 Å². The minimum Gasteiger partial charge on any atom is -0.355 e. The minimum atomic E-state index is -3.40. The lowest BCUT2D eigenvalue weighted by Crippen LogP contribution is -2.29. The Balaban J connectivity index is 0.000000687. The highest BCUT2D eigenvalue weighted by molar-refractivity contribution is 7.91. The number of unbranched alkanes of at least 4 members (excludes halogenated alkanes) is 3. The van der Waals surface area contributed by atoms with E-state index < -0.39 is 42.4 Å². The molecule has 0 fully saturated rings. The maximum Gasteiger partial charge on any atom is 0.425 e. The fraction of sp³-hybridized carbons (Fsp3) is 0.194. The van der Waals surface area contributed by atoms with Gasteiger partial charge in [-0.25, -0.2) is 8.42 Å². The van der Waals surface area contributed by atoms with Crippen LogP contribution < -0.4 is 10.9 Å². The number of sulfone groups is 1. The van der Waals surface area contributed by atoms with Crippen molar-refractivity contribution in [1.29, 1.82) is 0 Å². The van der Waals surface area contributed by atoms with Gasteiger partial charge in [0.05, 0.1) is 33.0 Å². The van der Waals surface area contributed by atoms with Crippen LogP contribution in [0.3, 0.4) is 0 Å². The van der Waals surface area contributed by atoms with E-state index in [4.69, 9.17) is 25.3 Å². The lowest BCUT2D eigenvalue weighted by molar-refractivity contribution is 0.102. The van der Waals surface area contributed by atoms with Gasteiger partial charge in [0, 0.05) is 34.8 Å². The summed E-state index contributed by atoms with van der Waals surface area (Å²) in [5.41, 5.74) is 3.30. The third kappa shape index (κ3) is 8.82. The molecule has 0 amide bonds. The molecule has 1 aliphatic rings. The van der Waals surface area contributed by atoms with Crippen molar-refractivity contribution in [3.63, 3.8) is 0 Å². The number of carbonyl (C=O) groups excluding carboxylic acids is 2. The summed E-state index contributed by atoms with van der Waals surface area (Å²) in [6.45, 7) is 2.08. The minimum absolute atomic E-state index is 0.0121. The Bertz CT molecular complexity index is 2530. The Morgan fingerprint density at radius 3 is 1.88 bits per heavy atom. The summed E-state index contributed by atoms with van der Waals surface area (Å²) in [4.78, 5) is 42.0. The number of nitrogens with zero attached hydrogens (tertiary/aromatic N) is 1. The second kappa shape index (κ2) is 17.1. The predicted octanol–water partition coefficient (Wildman–Crippen LogP) is 5.07. The van der Waals surface area contributed by atoms with Gasteiger partial charge in [-0.15, -0.1) is 25.3 Å². The number of aromatic nitrogens is 1. The Morgan fingerprint density at radius 1 is 0.712 bits per heavy atom. The van der Waals surface area contributed by atoms with Crippen LogP contribution in [-0.2, 0) is 38.1 Å². The zero-order chi connectivity index (χ0) is 38.2. The van der Waals surface area contributed by atoms with Crippen molar-refractivity contribution >= 4 is 64.9 Å². The van der Waals surface area contributed by atoms with E-state index in [0.29, 0.717) is 56.5 Å². The standard InChI is InChI=1S/C36H32N2O5S.2O3S/c1-3-4-5-11-22-44(42,43)25-18-16-24(17-19-25)37-28-20-21-29-32-30(26-14-9-10-15-27(26)35(40)31(28)32)33(36(41)38(29)2)34(39)23-12-7-6-8-13-23;2*1-4(2)3/h6-10,12-21,37H,3-5,11,22H2,1-2H3;;. The summed E-state index contributed by atoms with van der Waals surface area (Å²) in [7, 11) is -8.02. The highest BCUT2D eigenvalue weighted by Gasteiger charge is 2.34. The molecule has 1 aromatic heterocycles. The predicted molar refractivity (Wildman–Crippen MR) is 193 cm³/mol. The fourth-order valence-electron chi connectivity index (χ4n) is 5.96. The molecular weight excluding hydrogens is 733 g/mol. The van der Waals surface area contributed by atoms with E-state index in [0.717, 1.165) is 19.3 Å². The molecule has 0 saturated carbocycles. The molecule has 1 N–H and O–H groups in total. The fourth-order valence-corrected chi connectivity index (χ4v) is 7.33. The van der Waals surface area contributed by atoms with Gasteiger partial charge in [-0.1, -0.05) is 80.8 Å². The van der Waals surface area contributed by atoms with Gasteiger partial charge in [0.15, 0.2) is 21.4 Å². The molecule has 270 valence electrons. The lowest BCUT2D eigenvalue weighted by Gasteiger charge is -2.25. The number of anilines is 2. The van der Waals surface area contributed by atoms with Crippen molar-refractivity contribution in [2.75, 3.05) is 11.1 Å². The van der Waals surface area contributed by atoms with Crippen molar-refractivity contribution in [3.05, 3.63) is 124 Å². The SMILES string of the molecule is CCCCCCS(=O)(=O)c1ccc(Nc2ccc3c4c2C(=O)c2ccccc2-c4c(C(=O)c2ccccc2)c(=O)n3C)cc1.O=S(=O)=O.O=S(=O)=O. The van der Waals surface area contributed by atoms with Gasteiger partial charge in [-0.3, -0.25) is 14.4 Å². The van der Waals surface area contributed by atoms with Crippen LogP contribution in [0.2, 0.25) is 0 Å². The first kappa shape index (κ1) is 39.2. The van der Waals surface area contributed by atoms with Gasteiger partial charge in [0.25, 0.3) is 5.56 Å². The maximum absolute atomic E-state index is 14.1. The molecule has 0 spiro atoms. The third-order valence-corrected chi connectivity index (χ3v) is 10.1. The summed E-state index contributed by atoms with van der Waals surface area (Å²) in [6, 6.07) is 25.7. The first-order valence-corrected chi connectivity index (χ1v) is 19.4. The molecule has 52 heavy (non-hydrogen) atoms. The molecule has 1 heterocycles. The maximum atomic E-state index is 14.1. The second-order valence-corrected chi connectivity index (χ2v) is 14.4. The van der Waals surface area contributed by atoms with E-state index in [2.05, 4.69) is 12.2 Å². The number of fused-ring (bicyclic) bond motifs is 2. The van der Waals surface area contributed by atoms with Crippen molar-refractivity contribution in [1.82, 2.24) is 4.57 Å². The van der Waals surface area contributed by atoms with Gasteiger partial charge in [-0.05, 0) is 48.4 Å². The highest BCUT2D eigenvalue weighted by atomic mass is 32.2. The Labute approximate surface area is 302 Å². The Kier molecular flexibility index (Phi) is 12.9. The molecule has 13 nitrogen and oxygen atoms in total. The topological polar surface area (TPSA) is 205 Å². The molecule has 0 unspecified atom stereocenters. The van der Waals surface area contributed by atoms with E-state index in [1.54, 1.807) is 98.0 Å². The average molecular weight is 765 g/mol. The van der Waals surface area contributed by atoms with Crippen LogP contribution in [0.25, 0.3) is 22.0 Å². The molecule has 4 aromatic carbocycles. The zero-order valence-corrected chi connectivity index (χ0v) is 30.3. The number of hydrogen-bond donors (Lipinski definition) is 1. The molecule has 0 radical (unpaired) electrons. The van der Waals surface area contributed by atoms with E-state index >= 15 is 0 Å². The van der Waals surface area contributed by atoms with Crippen LogP contribution >= 0.6 is 0 Å². The van der Waals surface area contributed by atoms with Crippen molar-refractivity contribution in [2.24, 2.45) is 7.05 Å². The molecule has 5 aromatic rings.